The first-order chi connectivity index (χ1) is 13.0. The highest BCUT2D eigenvalue weighted by atomic mass is 79.9. The number of halogens is 1. The number of carbonyl (C=O) groups is 1. The van der Waals surface area contributed by atoms with Crippen LogP contribution in [0.25, 0.3) is 0 Å². The Kier molecular flexibility index (Phi) is 13.4. The third kappa shape index (κ3) is 12.2. The smallest absolute Gasteiger partial charge is 0.226 e. The van der Waals surface area contributed by atoms with Crippen molar-refractivity contribution in [1.82, 2.24) is 5.32 Å². The van der Waals surface area contributed by atoms with Crippen LogP contribution in [0.1, 0.15) is 89.5 Å². The van der Waals surface area contributed by atoms with Crippen LogP contribution in [-0.2, 0) is 4.79 Å². The van der Waals surface area contributed by atoms with Gasteiger partial charge in [-0.2, -0.15) is 0 Å². The van der Waals surface area contributed by atoms with Gasteiger partial charge in [0.1, 0.15) is 0 Å². The third-order valence-corrected chi connectivity index (χ3v) is 5.49. The number of anilines is 1. The van der Waals surface area contributed by atoms with Crippen LogP contribution >= 0.6 is 28.1 Å². The summed E-state index contributed by atoms with van der Waals surface area (Å²) in [6.45, 7) is 4.29. The van der Waals surface area contributed by atoms with Crippen LogP contribution in [0.4, 0.5) is 5.69 Å². The maximum Gasteiger partial charge on any atom is 0.226 e. The molecular formula is C22H35BrN2OS. The van der Waals surface area contributed by atoms with Gasteiger partial charge < -0.3 is 10.6 Å². The van der Waals surface area contributed by atoms with Crippen molar-refractivity contribution in [2.45, 2.75) is 90.9 Å². The lowest BCUT2D eigenvalue weighted by atomic mass is 10.1. The van der Waals surface area contributed by atoms with E-state index in [0.717, 1.165) is 23.0 Å². The van der Waals surface area contributed by atoms with Gasteiger partial charge in [-0.1, -0.05) is 77.2 Å². The van der Waals surface area contributed by atoms with Gasteiger partial charge in [0, 0.05) is 10.9 Å². The molecule has 0 spiro atoms. The minimum absolute atomic E-state index is 0.00772. The molecule has 0 aliphatic carbocycles. The molecule has 0 aliphatic rings. The van der Waals surface area contributed by atoms with E-state index < -0.39 is 0 Å². The molecule has 0 atom stereocenters. The fourth-order valence-corrected chi connectivity index (χ4v) is 3.83. The van der Waals surface area contributed by atoms with Crippen LogP contribution in [-0.4, -0.2) is 11.0 Å². The lowest BCUT2D eigenvalue weighted by molar-refractivity contribution is -0.119. The maximum atomic E-state index is 12.0. The Bertz CT molecular complexity index is 577. The van der Waals surface area contributed by atoms with Crippen molar-refractivity contribution in [3.05, 3.63) is 28.2 Å². The molecule has 0 radical (unpaired) electrons. The molecule has 5 heteroatoms. The summed E-state index contributed by atoms with van der Waals surface area (Å²) in [5.74, 6) is -0.00772. The van der Waals surface area contributed by atoms with E-state index in [9.17, 15) is 4.79 Å². The number of aryl methyl sites for hydroxylation is 1. The minimum atomic E-state index is -0.00772. The normalized spacial score (nSPS) is 10.6. The fourth-order valence-electron chi connectivity index (χ4n) is 3.01. The predicted octanol–water partition coefficient (Wildman–Crippen LogP) is 7.27. The van der Waals surface area contributed by atoms with Gasteiger partial charge in [-0.3, -0.25) is 4.79 Å². The van der Waals surface area contributed by atoms with Gasteiger partial charge in [0.25, 0.3) is 0 Å². The average molecular weight is 456 g/mol. The van der Waals surface area contributed by atoms with Crippen LogP contribution in [0, 0.1) is 6.92 Å². The number of amides is 1. The van der Waals surface area contributed by atoms with Crippen molar-refractivity contribution in [1.29, 1.82) is 0 Å². The number of benzene rings is 1. The quantitative estimate of drug-likeness (QED) is 0.243. The molecule has 0 aromatic heterocycles. The van der Waals surface area contributed by atoms with Gasteiger partial charge in [0.15, 0.2) is 5.11 Å². The minimum Gasteiger partial charge on any atom is -0.331 e. The van der Waals surface area contributed by atoms with Crippen molar-refractivity contribution in [2.24, 2.45) is 0 Å². The second-order valence-electron chi connectivity index (χ2n) is 7.27. The van der Waals surface area contributed by atoms with Gasteiger partial charge in [0.2, 0.25) is 5.91 Å². The summed E-state index contributed by atoms with van der Waals surface area (Å²) < 4.78 is 0.935. The molecule has 1 amide bonds. The van der Waals surface area contributed by atoms with Crippen LogP contribution in [0.3, 0.4) is 0 Å². The van der Waals surface area contributed by atoms with Crippen LogP contribution in [0.2, 0.25) is 0 Å². The molecular weight excluding hydrogens is 420 g/mol. The lowest BCUT2D eigenvalue weighted by Crippen LogP contribution is -2.34. The Labute approximate surface area is 179 Å². The maximum absolute atomic E-state index is 12.0. The van der Waals surface area contributed by atoms with E-state index >= 15 is 0 Å². The fraction of sp³-hybridized carbons (Fsp3) is 0.636. The zero-order chi connectivity index (χ0) is 19.9. The number of carbonyl (C=O) groups excluding carboxylic acids is 1. The number of nitrogens with one attached hydrogen (secondary N) is 2. The van der Waals surface area contributed by atoms with Crippen molar-refractivity contribution in [3.63, 3.8) is 0 Å². The van der Waals surface area contributed by atoms with Gasteiger partial charge in [0.05, 0.1) is 5.69 Å². The number of hydrogen-bond acceptors (Lipinski definition) is 2. The summed E-state index contributed by atoms with van der Waals surface area (Å²) in [7, 11) is 0. The van der Waals surface area contributed by atoms with E-state index in [1.165, 1.54) is 63.4 Å². The first kappa shape index (κ1) is 24.1. The van der Waals surface area contributed by atoms with Gasteiger partial charge in [-0.05, 0) is 59.2 Å². The molecule has 3 nitrogen and oxygen atoms in total. The number of rotatable bonds is 13. The number of unbranched alkanes of at least 4 members (excludes halogenated alkanes) is 10. The van der Waals surface area contributed by atoms with E-state index in [-0.39, 0.29) is 5.91 Å². The summed E-state index contributed by atoms with van der Waals surface area (Å²) >= 11 is 8.73. The molecule has 0 saturated carbocycles. The summed E-state index contributed by atoms with van der Waals surface area (Å²) in [5, 5.41) is 6.18. The van der Waals surface area contributed by atoms with E-state index in [1.54, 1.807) is 0 Å². The molecule has 0 aliphatic heterocycles. The average Bonchev–Trinajstić information content (AvgIpc) is 2.62. The molecule has 2 N–H and O–H groups in total. The number of thiocarbonyl (C=S) groups is 1. The van der Waals surface area contributed by atoms with Crippen LogP contribution in [0.15, 0.2) is 22.7 Å². The molecule has 152 valence electrons. The molecule has 1 rings (SSSR count). The van der Waals surface area contributed by atoms with Gasteiger partial charge in [-0.25, -0.2) is 0 Å². The molecule has 0 heterocycles. The van der Waals surface area contributed by atoms with Crippen molar-refractivity contribution >= 4 is 44.9 Å². The van der Waals surface area contributed by atoms with Crippen LogP contribution < -0.4 is 10.6 Å². The first-order valence-corrected chi connectivity index (χ1v) is 11.6. The zero-order valence-corrected chi connectivity index (χ0v) is 19.3. The number of hydrogen-bond donors (Lipinski definition) is 2. The van der Waals surface area contributed by atoms with Crippen molar-refractivity contribution in [3.8, 4) is 0 Å². The van der Waals surface area contributed by atoms with E-state index in [4.69, 9.17) is 12.2 Å². The summed E-state index contributed by atoms with van der Waals surface area (Å²) in [4.78, 5) is 12.0. The second kappa shape index (κ2) is 15.0. The van der Waals surface area contributed by atoms with Crippen molar-refractivity contribution in [2.75, 3.05) is 5.32 Å². The summed E-state index contributed by atoms with van der Waals surface area (Å²) in [5.41, 5.74) is 2.03. The first-order valence-electron chi connectivity index (χ1n) is 10.4. The molecule has 27 heavy (non-hydrogen) atoms. The van der Waals surface area contributed by atoms with Crippen molar-refractivity contribution < 1.29 is 4.79 Å². The third-order valence-electron chi connectivity index (χ3n) is 4.63. The summed E-state index contributed by atoms with van der Waals surface area (Å²) in [6, 6.07) is 5.96. The topological polar surface area (TPSA) is 41.1 Å². The van der Waals surface area contributed by atoms with Gasteiger partial charge in [-0.15, -0.1) is 0 Å². The van der Waals surface area contributed by atoms with E-state index in [1.807, 2.05) is 25.1 Å². The molecule has 1 aromatic rings. The Morgan fingerprint density at radius 3 is 2.07 bits per heavy atom. The standard InChI is InChI=1S/C22H35BrN2OS/c1-3-4-5-6-7-8-9-10-11-12-13-14-21(26)25-22(27)24-20-16-15-18(2)17-19(20)23/h15-17H,3-14H2,1-2H3,(H2,24,25,26,27). The Balaban J connectivity index is 2.03. The summed E-state index contributed by atoms with van der Waals surface area (Å²) in [6.07, 6.45) is 14.6. The molecule has 1 aromatic carbocycles. The molecule has 0 unspecified atom stereocenters. The predicted molar refractivity (Wildman–Crippen MR) is 124 cm³/mol. The Morgan fingerprint density at radius 1 is 0.963 bits per heavy atom. The van der Waals surface area contributed by atoms with E-state index in [2.05, 4.69) is 33.5 Å². The molecule has 0 saturated heterocycles. The highest BCUT2D eigenvalue weighted by Crippen LogP contribution is 2.23. The second-order valence-corrected chi connectivity index (χ2v) is 8.53. The zero-order valence-electron chi connectivity index (χ0n) is 16.9. The lowest BCUT2D eigenvalue weighted by Gasteiger charge is -2.11. The monoisotopic (exact) mass is 454 g/mol. The molecule has 0 fully saturated rings. The SMILES string of the molecule is CCCCCCCCCCCCCC(=O)NC(=S)Nc1ccc(C)cc1Br. The Morgan fingerprint density at radius 2 is 1.52 bits per heavy atom. The molecule has 0 bridgehead atoms. The highest BCUT2D eigenvalue weighted by Gasteiger charge is 2.07. The van der Waals surface area contributed by atoms with E-state index in [0.29, 0.717) is 11.5 Å². The highest BCUT2D eigenvalue weighted by molar-refractivity contribution is 9.10. The van der Waals surface area contributed by atoms with Crippen LogP contribution in [0.5, 0.6) is 0 Å². The Hall–Kier alpha value is -0.940. The largest absolute Gasteiger partial charge is 0.331 e. The van der Waals surface area contributed by atoms with Gasteiger partial charge >= 0.3 is 0 Å².